The molecule has 3 aromatic rings. The van der Waals surface area contributed by atoms with Crippen LogP contribution in [0.2, 0.25) is 10.0 Å². The molecule has 7 heteroatoms. The highest BCUT2D eigenvalue weighted by atomic mass is 35.5. The van der Waals surface area contributed by atoms with Gasteiger partial charge in [-0.3, -0.25) is 0 Å². The summed E-state index contributed by atoms with van der Waals surface area (Å²) in [4.78, 5) is 23.9. The molecule has 3 rings (SSSR count). The number of rotatable bonds is 3. The number of aromatic nitrogens is 1. The van der Waals surface area contributed by atoms with E-state index in [9.17, 15) is 9.59 Å². The second-order valence-corrected chi connectivity index (χ2v) is 5.82. The number of nitrogens with zero attached hydrogens (tertiary/aromatic N) is 1. The Morgan fingerprint density at radius 1 is 1.04 bits per heavy atom. The fraction of sp³-hybridized carbons (Fsp3) is 0.0588. The van der Waals surface area contributed by atoms with Gasteiger partial charge in [-0.25, -0.2) is 9.59 Å². The summed E-state index contributed by atoms with van der Waals surface area (Å²) in [5.74, 6) is 0. The largest absolute Gasteiger partial charge is 0.358 e. The van der Waals surface area contributed by atoms with Gasteiger partial charge in [0.1, 0.15) is 5.69 Å². The van der Waals surface area contributed by atoms with Gasteiger partial charge in [0.15, 0.2) is 0 Å². The van der Waals surface area contributed by atoms with Crippen molar-refractivity contribution in [3.63, 3.8) is 0 Å². The molecule has 0 saturated carbocycles. The summed E-state index contributed by atoms with van der Waals surface area (Å²) in [6, 6.07) is 14.8. The SMILES string of the molecule is O=C(NCc1ccc(Cl)c(Cl)c1)n1oc(=O)cc1-c1ccccc1. The van der Waals surface area contributed by atoms with Gasteiger partial charge in [-0.05, 0) is 17.7 Å². The molecule has 0 aliphatic carbocycles. The lowest BCUT2D eigenvalue weighted by Crippen LogP contribution is -2.28. The predicted octanol–water partition coefficient (Wildman–Crippen LogP) is 4.17. The van der Waals surface area contributed by atoms with Crippen molar-refractivity contribution < 1.29 is 9.32 Å². The molecule has 0 spiro atoms. The second-order valence-electron chi connectivity index (χ2n) is 5.01. The van der Waals surface area contributed by atoms with Crippen LogP contribution in [0.3, 0.4) is 0 Å². The third-order valence-electron chi connectivity index (χ3n) is 3.34. The molecule has 1 N–H and O–H groups in total. The van der Waals surface area contributed by atoms with Crippen molar-refractivity contribution in [3.05, 3.63) is 80.6 Å². The zero-order chi connectivity index (χ0) is 17.1. The maximum absolute atomic E-state index is 12.3. The Morgan fingerprint density at radius 3 is 2.50 bits per heavy atom. The number of hydrogen-bond donors (Lipinski definition) is 1. The summed E-state index contributed by atoms with van der Waals surface area (Å²) < 4.78 is 5.90. The van der Waals surface area contributed by atoms with Crippen LogP contribution in [-0.2, 0) is 6.54 Å². The lowest BCUT2D eigenvalue weighted by atomic mass is 10.1. The summed E-state index contributed by atoms with van der Waals surface area (Å²) >= 11 is 11.8. The summed E-state index contributed by atoms with van der Waals surface area (Å²) in [5, 5.41) is 3.52. The Labute approximate surface area is 147 Å². The number of nitrogens with one attached hydrogen (secondary N) is 1. The average molecular weight is 363 g/mol. The quantitative estimate of drug-likeness (QED) is 0.760. The minimum Gasteiger partial charge on any atom is -0.331 e. The Kier molecular flexibility index (Phi) is 4.74. The smallest absolute Gasteiger partial charge is 0.331 e. The van der Waals surface area contributed by atoms with Crippen molar-refractivity contribution in [3.8, 4) is 11.3 Å². The van der Waals surface area contributed by atoms with Crippen LogP contribution in [0.25, 0.3) is 11.3 Å². The fourth-order valence-electron chi connectivity index (χ4n) is 2.20. The maximum Gasteiger partial charge on any atom is 0.358 e. The average Bonchev–Trinajstić information content (AvgIpc) is 2.98. The Hall–Kier alpha value is -2.50. The van der Waals surface area contributed by atoms with Crippen molar-refractivity contribution in [2.75, 3.05) is 0 Å². The molecule has 1 aromatic heterocycles. The van der Waals surface area contributed by atoms with E-state index in [2.05, 4.69) is 5.32 Å². The summed E-state index contributed by atoms with van der Waals surface area (Å²) in [5.41, 5.74) is 1.26. The minimum absolute atomic E-state index is 0.214. The molecule has 5 nitrogen and oxygen atoms in total. The highest BCUT2D eigenvalue weighted by Crippen LogP contribution is 2.22. The second kappa shape index (κ2) is 6.95. The number of benzene rings is 2. The van der Waals surface area contributed by atoms with Gasteiger partial charge in [-0.15, -0.1) is 4.74 Å². The van der Waals surface area contributed by atoms with E-state index in [-0.39, 0.29) is 6.54 Å². The minimum atomic E-state index is -0.599. The van der Waals surface area contributed by atoms with Gasteiger partial charge >= 0.3 is 11.7 Å². The standard InChI is InChI=1S/C17H12Cl2N2O3/c18-13-7-6-11(8-14(13)19)10-20-17(23)21-15(9-16(22)24-21)12-4-2-1-3-5-12/h1-9H,10H2,(H,20,23). The number of carbonyl (C=O) groups is 1. The first kappa shape index (κ1) is 16.4. The van der Waals surface area contributed by atoms with E-state index in [1.54, 1.807) is 30.3 Å². The van der Waals surface area contributed by atoms with Gasteiger partial charge in [-0.2, -0.15) is 0 Å². The highest BCUT2D eigenvalue weighted by molar-refractivity contribution is 6.42. The van der Waals surface area contributed by atoms with Gasteiger partial charge < -0.3 is 9.84 Å². The Bertz CT molecular complexity index is 933. The van der Waals surface area contributed by atoms with E-state index in [1.807, 2.05) is 18.2 Å². The van der Waals surface area contributed by atoms with Crippen molar-refractivity contribution in [2.24, 2.45) is 0 Å². The topological polar surface area (TPSA) is 64.2 Å². The van der Waals surface area contributed by atoms with Crippen LogP contribution in [-0.4, -0.2) is 10.8 Å². The van der Waals surface area contributed by atoms with Crippen LogP contribution in [0.1, 0.15) is 5.56 Å². The molecular weight excluding hydrogens is 351 g/mol. The molecule has 0 aliphatic rings. The summed E-state index contributed by atoms with van der Waals surface area (Å²) in [6.07, 6.45) is 0. The lowest BCUT2D eigenvalue weighted by Gasteiger charge is -2.08. The molecule has 0 fully saturated rings. The van der Waals surface area contributed by atoms with E-state index < -0.39 is 11.7 Å². The van der Waals surface area contributed by atoms with Crippen molar-refractivity contribution in [1.29, 1.82) is 0 Å². The molecule has 0 atom stereocenters. The zero-order valence-corrected chi connectivity index (χ0v) is 13.8. The van der Waals surface area contributed by atoms with Crippen molar-refractivity contribution in [1.82, 2.24) is 10.1 Å². The molecule has 24 heavy (non-hydrogen) atoms. The van der Waals surface area contributed by atoms with Crippen LogP contribution >= 0.6 is 23.2 Å². The van der Waals surface area contributed by atoms with E-state index in [1.165, 1.54) is 6.07 Å². The highest BCUT2D eigenvalue weighted by Gasteiger charge is 2.15. The fourth-order valence-corrected chi connectivity index (χ4v) is 2.52. The molecule has 0 radical (unpaired) electrons. The van der Waals surface area contributed by atoms with Crippen molar-refractivity contribution in [2.45, 2.75) is 6.54 Å². The Morgan fingerprint density at radius 2 is 1.79 bits per heavy atom. The van der Waals surface area contributed by atoms with Gasteiger partial charge in [0.05, 0.1) is 16.1 Å². The van der Waals surface area contributed by atoms with Crippen LogP contribution < -0.4 is 10.9 Å². The first-order valence-electron chi connectivity index (χ1n) is 7.05. The van der Waals surface area contributed by atoms with Crippen LogP contribution in [0.15, 0.2) is 63.9 Å². The first-order chi connectivity index (χ1) is 11.5. The number of carbonyl (C=O) groups excluding carboxylic acids is 1. The van der Waals surface area contributed by atoms with Crippen LogP contribution in [0.4, 0.5) is 4.79 Å². The van der Waals surface area contributed by atoms with E-state index in [4.69, 9.17) is 27.7 Å². The van der Waals surface area contributed by atoms with E-state index in [0.29, 0.717) is 21.3 Å². The number of amides is 1. The van der Waals surface area contributed by atoms with Gasteiger partial charge in [0.25, 0.3) is 0 Å². The molecule has 1 heterocycles. The maximum atomic E-state index is 12.3. The van der Waals surface area contributed by atoms with E-state index in [0.717, 1.165) is 10.3 Å². The third-order valence-corrected chi connectivity index (χ3v) is 4.08. The van der Waals surface area contributed by atoms with Crippen LogP contribution in [0, 0.1) is 0 Å². The molecular formula is C17H12Cl2N2O3. The molecule has 0 aliphatic heterocycles. The normalized spacial score (nSPS) is 10.6. The van der Waals surface area contributed by atoms with Crippen molar-refractivity contribution >= 4 is 29.2 Å². The lowest BCUT2D eigenvalue weighted by molar-refractivity contribution is 0.208. The van der Waals surface area contributed by atoms with Gasteiger partial charge in [-0.1, -0.05) is 59.6 Å². The van der Waals surface area contributed by atoms with E-state index >= 15 is 0 Å². The monoisotopic (exact) mass is 362 g/mol. The van der Waals surface area contributed by atoms with Gasteiger partial charge in [0.2, 0.25) is 0 Å². The predicted molar refractivity (Wildman–Crippen MR) is 92.5 cm³/mol. The number of hydrogen-bond acceptors (Lipinski definition) is 3. The molecule has 122 valence electrons. The zero-order valence-electron chi connectivity index (χ0n) is 12.3. The summed E-state index contributed by atoms with van der Waals surface area (Å²) in [7, 11) is 0. The van der Waals surface area contributed by atoms with Gasteiger partial charge in [0, 0.05) is 12.1 Å². The Balaban J connectivity index is 1.80. The first-order valence-corrected chi connectivity index (χ1v) is 7.81. The summed E-state index contributed by atoms with van der Waals surface area (Å²) in [6.45, 7) is 0.214. The molecule has 0 unspecified atom stereocenters. The number of halogens is 2. The third kappa shape index (κ3) is 3.53. The molecule has 1 amide bonds. The van der Waals surface area contributed by atoms with Crippen LogP contribution in [0.5, 0.6) is 0 Å². The molecule has 0 bridgehead atoms. The molecule has 2 aromatic carbocycles. The molecule has 0 saturated heterocycles.